The maximum Gasteiger partial charge on any atom is 0.143 e. The van der Waals surface area contributed by atoms with E-state index in [4.69, 9.17) is 0 Å². The van der Waals surface area contributed by atoms with Crippen molar-refractivity contribution in [1.29, 1.82) is 0 Å². The van der Waals surface area contributed by atoms with E-state index in [1.165, 1.54) is 17.2 Å². The monoisotopic (exact) mass is 280 g/mol. The van der Waals surface area contributed by atoms with Gasteiger partial charge < -0.3 is 0 Å². The van der Waals surface area contributed by atoms with E-state index in [1.807, 2.05) is 25.1 Å². The van der Waals surface area contributed by atoms with Crippen LogP contribution in [0.15, 0.2) is 67.8 Å². The molecule has 0 radical (unpaired) electrons. The van der Waals surface area contributed by atoms with Crippen LogP contribution in [0.1, 0.15) is 34.0 Å². The van der Waals surface area contributed by atoms with Crippen molar-refractivity contribution in [3.05, 3.63) is 95.6 Å². The minimum Gasteiger partial charge on any atom is -0.238 e. The van der Waals surface area contributed by atoms with Crippen molar-refractivity contribution in [2.24, 2.45) is 0 Å². The third-order valence-corrected chi connectivity index (χ3v) is 3.63. The van der Waals surface area contributed by atoms with Crippen LogP contribution < -0.4 is 0 Å². The van der Waals surface area contributed by atoms with Gasteiger partial charge in [0, 0.05) is 0 Å². The summed E-state index contributed by atoms with van der Waals surface area (Å²) in [5.41, 5.74) is 5.29. The van der Waals surface area contributed by atoms with Gasteiger partial charge in [0.25, 0.3) is 0 Å². The van der Waals surface area contributed by atoms with E-state index >= 15 is 0 Å². The fourth-order valence-electron chi connectivity index (χ4n) is 2.49. The van der Waals surface area contributed by atoms with Gasteiger partial charge in [0.1, 0.15) is 6.17 Å². The molecule has 108 valence electrons. The summed E-state index contributed by atoms with van der Waals surface area (Å²) in [5.74, 6) is 0. The second-order valence-corrected chi connectivity index (χ2v) is 5.32. The minimum atomic E-state index is -1.10. The van der Waals surface area contributed by atoms with Crippen molar-refractivity contribution in [3.63, 3.8) is 0 Å². The van der Waals surface area contributed by atoms with Gasteiger partial charge >= 0.3 is 0 Å². The van der Waals surface area contributed by atoms with Crippen molar-refractivity contribution in [2.75, 3.05) is 0 Å². The molecule has 1 unspecified atom stereocenters. The number of halogens is 1. The van der Waals surface area contributed by atoms with Crippen LogP contribution in [0.3, 0.4) is 0 Å². The largest absolute Gasteiger partial charge is 0.238 e. The van der Waals surface area contributed by atoms with E-state index in [-0.39, 0.29) is 0 Å². The summed E-state index contributed by atoms with van der Waals surface area (Å²) in [6, 6.07) is 14.4. The van der Waals surface area contributed by atoms with E-state index in [2.05, 4.69) is 43.5 Å². The molecule has 0 bridgehead atoms. The lowest BCUT2D eigenvalue weighted by Gasteiger charge is -2.11. The zero-order chi connectivity index (χ0) is 15.2. The first kappa shape index (κ1) is 15.2. The molecular formula is C20H21F. The third kappa shape index (κ3) is 3.91. The quantitative estimate of drug-likeness (QED) is 0.612. The molecule has 0 nitrogen and oxygen atoms in total. The molecule has 0 spiro atoms. The Bertz CT molecular complexity index is 640. The molecule has 0 aliphatic rings. The fraction of sp³-hybridized carbons (Fsp3) is 0.200. The van der Waals surface area contributed by atoms with E-state index < -0.39 is 6.17 Å². The Hall–Kier alpha value is -2.15. The summed E-state index contributed by atoms with van der Waals surface area (Å²) in [4.78, 5) is 0. The zero-order valence-electron chi connectivity index (χ0n) is 12.5. The molecule has 0 heterocycles. The average molecular weight is 280 g/mol. The smallest absolute Gasteiger partial charge is 0.143 e. The topological polar surface area (TPSA) is 0 Å². The second kappa shape index (κ2) is 7.03. The molecule has 0 aromatic heterocycles. The highest BCUT2D eigenvalue weighted by Gasteiger charge is 2.09. The van der Waals surface area contributed by atoms with Crippen LogP contribution in [0, 0.1) is 6.92 Å². The van der Waals surface area contributed by atoms with Gasteiger partial charge in [-0.2, -0.15) is 0 Å². The Morgan fingerprint density at radius 1 is 1.05 bits per heavy atom. The molecule has 0 fully saturated rings. The summed E-state index contributed by atoms with van der Waals surface area (Å²) >= 11 is 0. The van der Waals surface area contributed by atoms with E-state index in [0.717, 1.165) is 24.0 Å². The number of aryl methyl sites for hydroxylation is 1. The highest BCUT2D eigenvalue weighted by atomic mass is 19.1. The van der Waals surface area contributed by atoms with E-state index in [1.54, 1.807) is 0 Å². The Morgan fingerprint density at radius 3 is 2.48 bits per heavy atom. The van der Waals surface area contributed by atoms with Gasteiger partial charge in [0.15, 0.2) is 0 Å². The molecule has 0 saturated carbocycles. The molecule has 2 aromatic carbocycles. The van der Waals surface area contributed by atoms with Gasteiger partial charge in [0.05, 0.1) is 0 Å². The number of alkyl halides is 1. The molecule has 1 heteroatoms. The van der Waals surface area contributed by atoms with E-state index in [9.17, 15) is 4.39 Å². The van der Waals surface area contributed by atoms with Crippen LogP contribution in [-0.4, -0.2) is 0 Å². The summed E-state index contributed by atoms with van der Waals surface area (Å²) in [6.07, 6.45) is 3.83. The van der Waals surface area contributed by atoms with Crippen molar-refractivity contribution < 1.29 is 4.39 Å². The van der Waals surface area contributed by atoms with Gasteiger partial charge in [-0.15, -0.1) is 6.58 Å². The molecule has 21 heavy (non-hydrogen) atoms. The molecule has 2 rings (SSSR count). The van der Waals surface area contributed by atoms with Crippen LogP contribution in [-0.2, 0) is 12.8 Å². The second-order valence-electron chi connectivity index (χ2n) is 5.32. The summed E-state index contributed by atoms with van der Waals surface area (Å²) in [7, 11) is 0. The summed E-state index contributed by atoms with van der Waals surface area (Å²) < 4.78 is 13.9. The SMILES string of the molecule is C=CCc1cccc(Cc2ccc(C)c(C(F)C=C)c2)c1. The molecule has 0 aliphatic carbocycles. The Kier molecular flexibility index (Phi) is 5.10. The molecule has 0 aliphatic heterocycles. The number of rotatable bonds is 6. The number of hydrogen-bond donors (Lipinski definition) is 0. The normalized spacial score (nSPS) is 11.9. The molecule has 2 aromatic rings. The van der Waals surface area contributed by atoms with Crippen LogP contribution in [0.5, 0.6) is 0 Å². The number of hydrogen-bond acceptors (Lipinski definition) is 0. The fourth-order valence-corrected chi connectivity index (χ4v) is 2.49. The van der Waals surface area contributed by atoms with Gasteiger partial charge in [0.2, 0.25) is 0 Å². The summed E-state index contributed by atoms with van der Waals surface area (Å²) in [5, 5.41) is 0. The number of allylic oxidation sites excluding steroid dienone is 2. The van der Waals surface area contributed by atoms with Crippen LogP contribution >= 0.6 is 0 Å². The van der Waals surface area contributed by atoms with Crippen molar-refractivity contribution >= 4 is 0 Å². The van der Waals surface area contributed by atoms with Crippen molar-refractivity contribution in [1.82, 2.24) is 0 Å². The minimum absolute atomic E-state index is 0.713. The van der Waals surface area contributed by atoms with Gasteiger partial charge in [-0.05, 0) is 47.6 Å². The van der Waals surface area contributed by atoms with E-state index in [0.29, 0.717) is 5.56 Å². The maximum absolute atomic E-state index is 13.9. The van der Waals surface area contributed by atoms with Crippen LogP contribution in [0.2, 0.25) is 0 Å². The molecular weight excluding hydrogens is 259 g/mol. The van der Waals surface area contributed by atoms with Gasteiger partial charge in [-0.1, -0.05) is 61.2 Å². The number of benzene rings is 2. The lowest BCUT2D eigenvalue weighted by atomic mass is 9.96. The standard InChI is InChI=1S/C20H21F/c1-4-7-16-8-6-9-17(12-16)13-18-11-10-15(3)19(14-18)20(21)5-2/h4-6,8-12,14,20H,1-2,7,13H2,3H3. The van der Waals surface area contributed by atoms with Gasteiger partial charge in [-0.3, -0.25) is 0 Å². The Balaban J connectivity index is 2.25. The first-order valence-electron chi connectivity index (χ1n) is 7.19. The average Bonchev–Trinajstić information content (AvgIpc) is 2.49. The maximum atomic E-state index is 13.9. The Labute approximate surface area is 126 Å². The van der Waals surface area contributed by atoms with Crippen LogP contribution in [0.4, 0.5) is 4.39 Å². The van der Waals surface area contributed by atoms with Gasteiger partial charge in [-0.25, -0.2) is 4.39 Å². The Morgan fingerprint density at radius 2 is 1.76 bits per heavy atom. The summed E-state index contributed by atoms with van der Waals surface area (Å²) in [6.45, 7) is 9.24. The highest BCUT2D eigenvalue weighted by Crippen LogP contribution is 2.24. The third-order valence-electron chi connectivity index (χ3n) is 3.63. The molecule has 0 saturated heterocycles. The lowest BCUT2D eigenvalue weighted by Crippen LogP contribution is -1.96. The predicted octanol–water partition coefficient (Wildman–Crippen LogP) is 5.51. The molecule has 1 atom stereocenters. The first-order valence-corrected chi connectivity index (χ1v) is 7.19. The lowest BCUT2D eigenvalue weighted by molar-refractivity contribution is 0.413. The predicted molar refractivity (Wildman–Crippen MR) is 88.4 cm³/mol. The molecule has 0 amide bonds. The van der Waals surface area contributed by atoms with Crippen molar-refractivity contribution in [3.8, 4) is 0 Å². The van der Waals surface area contributed by atoms with Crippen molar-refractivity contribution in [2.45, 2.75) is 25.9 Å². The zero-order valence-corrected chi connectivity index (χ0v) is 12.5. The molecule has 0 N–H and O–H groups in total. The highest BCUT2D eigenvalue weighted by molar-refractivity contribution is 5.37. The first-order chi connectivity index (χ1) is 10.1. The van der Waals surface area contributed by atoms with Crippen LogP contribution in [0.25, 0.3) is 0 Å².